The Balaban J connectivity index is 2.40. The molecule has 18 heavy (non-hydrogen) atoms. The third kappa shape index (κ3) is 1.50. The van der Waals surface area contributed by atoms with Gasteiger partial charge in [0.1, 0.15) is 5.75 Å². The summed E-state index contributed by atoms with van der Waals surface area (Å²) < 4.78 is 0. The summed E-state index contributed by atoms with van der Waals surface area (Å²) in [6.45, 7) is 0. The number of benzene rings is 2. The number of aromatic amines is 1. The van der Waals surface area contributed by atoms with Gasteiger partial charge in [-0.2, -0.15) is 0 Å². The van der Waals surface area contributed by atoms with Crippen LogP contribution < -0.4 is 0 Å². The number of rotatable bonds is 2. The maximum absolute atomic E-state index is 10.9. The SMILES string of the molecule is O=C(O)Cc1c(O)ccc2c1[nH]c1ccccc12. The predicted molar refractivity (Wildman–Crippen MR) is 68.8 cm³/mol. The molecule has 90 valence electrons. The molecule has 4 nitrogen and oxygen atoms in total. The van der Waals surface area contributed by atoms with Crippen molar-refractivity contribution in [1.82, 2.24) is 4.98 Å². The number of H-pyrrole nitrogens is 1. The minimum absolute atomic E-state index is 0.0106. The van der Waals surface area contributed by atoms with Crippen LogP contribution in [0.5, 0.6) is 5.75 Å². The average molecular weight is 241 g/mol. The number of hydrogen-bond acceptors (Lipinski definition) is 2. The Hall–Kier alpha value is -2.49. The molecular weight excluding hydrogens is 230 g/mol. The number of carboxylic acid groups (broad SMARTS) is 1. The lowest BCUT2D eigenvalue weighted by Crippen LogP contribution is -2.01. The Morgan fingerprint density at radius 1 is 1.11 bits per heavy atom. The first-order chi connectivity index (χ1) is 8.66. The first kappa shape index (κ1) is 10.7. The van der Waals surface area contributed by atoms with Gasteiger partial charge in [0.15, 0.2) is 0 Å². The monoisotopic (exact) mass is 241 g/mol. The summed E-state index contributed by atoms with van der Waals surface area (Å²) in [6.07, 6.45) is -0.198. The summed E-state index contributed by atoms with van der Waals surface area (Å²) in [4.78, 5) is 14.0. The lowest BCUT2D eigenvalue weighted by atomic mass is 10.1. The largest absolute Gasteiger partial charge is 0.508 e. The number of carboxylic acids is 1. The Morgan fingerprint density at radius 2 is 1.89 bits per heavy atom. The van der Waals surface area contributed by atoms with E-state index in [4.69, 9.17) is 5.11 Å². The smallest absolute Gasteiger partial charge is 0.308 e. The van der Waals surface area contributed by atoms with Crippen LogP contribution in [0.2, 0.25) is 0 Å². The molecule has 3 rings (SSSR count). The zero-order valence-electron chi connectivity index (χ0n) is 9.47. The van der Waals surface area contributed by atoms with Crippen LogP contribution in [0.3, 0.4) is 0 Å². The van der Waals surface area contributed by atoms with E-state index < -0.39 is 5.97 Å². The van der Waals surface area contributed by atoms with Crippen LogP contribution in [0.25, 0.3) is 21.8 Å². The number of carbonyl (C=O) groups is 1. The molecule has 3 N–H and O–H groups in total. The number of fused-ring (bicyclic) bond motifs is 3. The molecule has 0 saturated heterocycles. The summed E-state index contributed by atoms with van der Waals surface area (Å²) in [5, 5.41) is 20.7. The Kier molecular flexibility index (Phi) is 2.23. The average Bonchev–Trinajstić information content (AvgIpc) is 2.71. The van der Waals surface area contributed by atoms with Crippen LogP contribution in [0, 0.1) is 0 Å². The third-order valence-corrected chi connectivity index (χ3v) is 3.09. The van der Waals surface area contributed by atoms with Crippen LogP contribution in [0.1, 0.15) is 5.56 Å². The zero-order valence-corrected chi connectivity index (χ0v) is 9.47. The van der Waals surface area contributed by atoms with Crippen LogP contribution in [-0.2, 0) is 11.2 Å². The van der Waals surface area contributed by atoms with Gasteiger partial charge in [0.2, 0.25) is 0 Å². The fourth-order valence-electron chi connectivity index (χ4n) is 2.30. The maximum Gasteiger partial charge on any atom is 0.308 e. The van der Waals surface area contributed by atoms with Crippen LogP contribution >= 0.6 is 0 Å². The molecule has 0 aliphatic rings. The molecule has 0 amide bonds. The van der Waals surface area contributed by atoms with E-state index in [1.807, 2.05) is 24.3 Å². The highest BCUT2D eigenvalue weighted by molar-refractivity contribution is 6.09. The van der Waals surface area contributed by atoms with Crippen LogP contribution in [0.4, 0.5) is 0 Å². The fraction of sp³-hybridized carbons (Fsp3) is 0.0714. The van der Waals surface area contributed by atoms with Gasteiger partial charge in [-0.25, -0.2) is 0 Å². The van der Waals surface area contributed by atoms with Gasteiger partial charge >= 0.3 is 5.97 Å². The Morgan fingerprint density at radius 3 is 2.67 bits per heavy atom. The van der Waals surface area contributed by atoms with E-state index in [1.165, 1.54) is 0 Å². The number of hydrogen-bond donors (Lipinski definition) is 3. The number of nitrogens with one attached hydrogen (secondary N) is 1. The zero-order chi connectivity index (χ0) is 12.7. The van der Waals surface area contributed by atoms with Crippen LogP contribution in [-0.4, -0.2) is 21.2 Å². The van der Waals surface area contributed by atoms with Crippen molar-refractivity contribution in [2.45, 2.75) is 6.42 Å². The highest BCUT2D eigenvalue weighted by atomic mass is 16.4. The maximum atomic E-state index is 10.9. The summed E-state index contributed by atoms with van der Waals surface area (Å²) in [7, 11) is 0. The van der Waals surface area contributed by atoms with Gasteiger partial charge in [-0.05, 0) is 18.2 Å². The van der Waals surface area contributed by atoms with Crippen molar-refractivity contribution in [3.8, 4) is 5.75 Å². The Labute approximate surface area is 102 Å². The van der Waals surface area contributed by atoms with Crippen molar-refractivity contribution in [2.75, 3.05) is 0 Å². The molecule has 0 radical (unpaired) electrons. The number of para-hydroxylation sites is 1. The second kappa shape index (κ2) is 3.77. The highest BCUT2D eigenvalue weighted by Gasteiger charge is 2.14. The molecule has 0 aliphatic carbocycles. The van der Waals surface area contributed by atoms with E-state index in [0.717, 1.165) is 16.3 Å². The van der Waals surface area contributed by atoms with Gasteiger partial charge < -0.3 is 15.2 Å². The van der Waals surface area contributed by atoms with Crippen molar-refractivity contribution in [3.63, 3.8) is 0 Å². The predicted octanol–water partition coefficient (Wildman–Crippen LogP) is 2.65. The molecule has 0 bridgehead atoms. The van der Waals surface area contributed by atoms with Gasteiger partial charge in [0, 0.05) is 21.9 Å². The Bertz CT molecular complexity index is 758. The molecule has 3 aromatic rings. The molecule has 2 aromatic carbocycles. The van der Waals surface area contributed by atoms with Gasteiger partial charge in [0.25, 0.3) is 0 Å². The van der Waals surface area contributed by atoms with Crippen LogP contribution in [0.15, 0.2) is 36.4 Å². The molecule has 0 aliphatic heterocycles. The second-order valence-corrected chi connectivity index (χ2v) is 4.23. The molecular formula is C14H11NO3. The number of phenolic OH excluding ortho intramolecular Hbond substituents is 1. The normalized spacial score (nSPS) is 11.1. The minimum atomic E-state index is -0.962. The highest BCUT2D eigenvalue weighted by Crippen LogP contribution is 2.32. The lowest BCUT2D eigenvalue weighted by Gasteiger charge is -2.03. The van der Waals surface area contributed by atoms with E-state index >= 15 is 0 Å². The fourth-order valence-corrected chi connectivity index (χ4v) is 2.30. The molecule has 0 atom stereocenters. The van der Waals surface area contributed by atoms with Crippen molar-refractivity contribution in [2.24, 2.45) is 0 Å². The molecule has 0 fully saturated rings. The van der Waals surface area contributed by atoms with Crippen molar-refractivity contribution >= 4 is 27.8 Å². The molecule has 1 aromatic heterocycles. The topological polar surface area (TPSA) is 73.3 Å². The lowest BCUT2D eigenvalue weighted by molar-refractivity contribution is -0.136. The number of aromatic nitrogens is 1. The summed E-state index contributed by atoms with van der Waals surface area (Å²) >= 11 is 0. The first-order valence-corrected chi connectivity index (χ1v) is 5.60. The number of aliphatic carboxylic acids is 1. The molecule has 0 spiro atoms. The standard InChI is InChI=1S/C14H11NO3/c16-12-6-5-9-8-3-1-2-4-11(8)15-14(9)10(12)7-13(17)18/h1-6,15-16H,7H2,(H,17,18). The summed E-state index contributed by atoms with van der Waals surface area (Å²) in [5.74, 6) is -0.951. The second-order valence-electron chi connectivity index (χ2n) is 4.23. The van der Waals surface area contributed by atoms with E-state index in [-0.39, 0.29) is 12.2 Å². The minimum Gasteiger partial charge on any atom is -0.508 e. The molecule has 0 unspecified atom stereocenters. The van der Waals surface area contributed by atoms with Gasteiger partial charge in [-0.1, -0.05) is 18.2 Å². The van der Waals surface area contributed by atoms with Crippen molar-refractivity contribution < 1.29 is 15.0 Å². The molecule has 4 heteroatoms. The summed E-state index contributed by atoms with van der Waals surface area (Å²) in [5.41, 5.74) is 2.06. The number of phenols is 1. The van der Waals surface area contributed by atoms with Crippen molar-refractivity contribution in [3.05, 3.63) is 42.0 Å². The van der Waals surface area contributed by atoms with Gasteiger partial charge in [-0.15, -0.1) is 0 Å². The van der Waals surface area contributed by atoms with Gasteiger partial charge in [-0.3, -0.25) is 4.79 Å². The van der Waals surface area contributed by atoms with E-state index in [2.05, 4.69) is 4.98 Å². The molecule has 0 saturated carbocycles. The van der Waals surface area contributed by atoms with E-state index in [9.17, 15) is 9.90 Å². The first-order valence-electron chi connectivity index (χ1n) is 5.60. The quantitative estimate of drug-likeness (QED) is 0.645. The van der Waals surface area contributed by atoms with Gasteiger partial charge in [0.05, 0.1) is 11.9 Å². The van der Waals surface area contributed by atoms with E-state index in [1.54, 1.807) is 12.1 Å². The number of aromatic hydroxyl groups is 1. The summed E-state index contributed by atoms with van der Waals surface area (Å²) in [6, 6.07) is 11.1. The van der Waals surface area contributed by atoms with E-state index in [0.29, 0.717) is 11.1 Å². The third-order valence-electron chi connectivity index (χ3n) is 3.09. The molecule has 1 heterocycles. The van der Waals surface area contributed by atoms with Crippen molar-refractivity contribution in [1.29, 1.82) is 0 Å².